The first-order chi connectivity index (χ1) is 14.0. The molecule has 2 aromatic heterocycles. The van der Waals surface area contributed by atoms with Crippen LogP contribution in [-0.2, 0) is 27.3 Å². The molecule has 3 heterocycles. The monoisotopic (exact) mass is 427 g/mol. The second kappa shape index (κ2) is 8.14. The number of hydrogen-bond acceptors (Lipinski definition) is 7. The summed E-state index contributed by atoms with van der Waals surface area (Å²) in [6.07, 6.45) is -0.542. The first-order valence-corrected chi connectivity index (χ1v) is 10.6. The van der Waals surface area contributed by atoms with Crippen LogP contribution in [0, 0.1) is 0 Å². The first kappa shape index (κ1) is 19.3. The van der Waals surface area contributed by atoms with E-state index in [9.17, 15) is 14.4 Å². The topological polar surface area (TPSA) is 97.4 Å². The van der Waals surface area contributed by atoms with Crippen molar-refractivity contribution in [2.45, 2.75) is 26.0 Å². The number of anilines is 1. The Labute approximate surface area is 174 Å². The molecule has 1 aromatic carbocycles. The van der Waals surface area contributed by atoms with Crippen molar-refractivity contribution in [3.8, 4) is 10.6 Å². The first-order valence-electron chi connectivity index (χ1n) is 8.88. The number of nitrogens with zero attached hydrogens (tertiary/aromatic N) is 1. The SMILES string of the molecule is CC(=O)NCc1ccc(-c2csc(NC(=O)C3Cc4ccccc4C(=O)O3)n2)s1. The number of benzene rings is 1. The van der Waals surface area contributed by atoms with Gasteiger partial charge in [-0.05, 0) is 23.8 Å². The highest BCUT2D eigenvalue weighted by Gasteiger charge is 2.31. The van der Waals surface area contributed by atoms with Gasteiger partial charge in [-0.2, -0.15) is 0 Å². The molecule has 0 radical (unpaired) electrons. The summed E-state index contributed by atoms with van der Waals surface area (Å²) in [5.74, 6) is -0.965. The molecule has 0 saturated heterocycles. The van der Waals surface area contributed by atoms with Gasteiger partial charge in [0.15, 0.2) is 11.2 Å². The predicted octanol–water partition coefficient (Wildman–Crippen LogP) is 3.23. The van der Waals surface area contributed by atoms with Gasteiger partial charge in [0.1, 0.15) is 0 Å². The van der Waals surface area contributed by atoms with Gasteiger partial charge in [0.25, 0.3) is 5.91 Å². The van der Waals surface area contributed by atoms with E-state index < -0.39 is 18.0 Å². The Morgan fingerprint density at radius 1 is 1.24 bits per heavy atom. The number of amides is 2. The Kier molecular flexibility index (Phi) is 5.41. The van der Waals surface area contributed by atoms with Gasteiger partial charge in [0.2, 0.25) is 5.91 Å². The van der Waals surface area contributed by atoms with Gasteiger partial charge in [0, 0.05) is 23.6 Å². The van der Waals surface area contributed by atoms with Crippen molar-refractivity contribution in [3.05, 3.63) is 57.8 Å². The lowest BCUT2D eigenvalue weighted by atomic mass is 9.98. The van der Waals surface area contributed by atoms with E-state index >= 15 is 0 Å². The van der Waals surface area contributed by atoms with Gasteiger partial charge in [-0.3, -0.25) is 14.9 Å². The molecule has 3 aromatic rings. The molecule has 1 atom stereocenters. The Bertz CT molecular complexity index is 1090. The van der Waals surface area contributed by atoms with Crippen LogP contribution in [0.15, 0.2) is 41.8 Å². The highest BCUT2D eigenvalue weighted by Crippen LogP contribution is 2.31. The number of carbonyl (C=O) groups is 3. The van der Waals surface area contributed by atoms with Gasteiger partial charge in [0.05, 0.1) is 22.7 Å². The maximum atomic E-state index is 12.6. The number of rotatable bonds is 5. The summed E-state index contributed by atoms with van der Waals surface area (Å²) >= 11 is 2.83. The zero-order valence-corrected chi connectivity index (χ0v) is 17.1. The lowest BCUT2D eigenvalue weighted by Gasteiger charge is -2.23. The van der Waals surface area contributed by atoms with Crippen LogP contribution in [0.1, 0.15) is 27.7 Å². The molecule has 0 aliphatic carbocycles. The smallest absolute Gasteiger partial charge is 0.339 e. The number of carbonyl (C=O) groups excluding carboxylic acids is 3. The van der Waals surface area contributed by atoms with Gasteiger partial charge in [-0.15, -0.1) is 22.7 Å². The summed E-state index contributed by atoms with van der Waals surface area (Å²) in [5, 5.41) is 7.79. The number of thiophene rings is 1. The van der Waals surface area contributed by atoms with Crippen LogP contribution in [0.25, 0.3) is 10.6 Å². The molecule has 7 nitrogen and oxygen atoms in total. The zero-order valence-electron chi connectivity index (χ0n) is 15.4. The van der Waals surface area contributed by atoms with E-state index in [1.165, 1.54) is 29.6 Å². The van der Waals surface area contributed by atoms with Gasteiger partial charge >= 0.3 is 5.97 Å². The molecule has 0 saturated carbocycles. The number of esters is 1. The minimum absolute atomic E-state index is 0.0790. The number of hydrogen-bond donors (Lipinski definition) is 2. The molecule has 2 amide bonds. The molecule has 2 N–H and O–H groups in total. The Morgan fingerprint density at radius 3 is 2.90 bits per heavy atom. The van der Waals surface area contributed by atoms with Gasteiger partial charge < -0.3 is 10.1 Å². The lowest BCUT2D eigenvalue weighted by Crippen LogP contribution is -2.37. The minimum atomic E-state index is -0.879. The van der Waals surface area contributed by atoms with Crippen molar-refractivity contribution in [2.75, 3.05) is 5.32 Å². The van der Waals surface area contributed by atoms with Crippen molar-refractivity contribution in [2.24, 2.45) is 0 Å². The third kappa shape index (κ3) is 4.36. The van der Waals surface area contributed by atoms with Crippen LogP contribution in [-0.4, -0.2) is 28.9 Å². The molecule has 1 aliphatic rings. The molecular formula is C20H17N3O4S2. The highest BCUT2D eigenvalue weighted by molar-refractivity contribution is 7.17. The molecule has 9 heteroatoms. The number of thiazole rings is 1. The normalized spacial score (nSPS) is 15.3. The fourth-order valence-electron chi connectivity index (χ4n) is 2.93. The number of ether oxygens (including phenoxy) is 1. The average Bonchev–Trinajstić information content (AvgIpc) is 3.35. The standard InChI is InChI=1S/C20H17N3O4S2/c1-11(24)21-9-13-6-7-17(29-13)15-10-28-20(22-15)23-18(25)16-8-12-4-2-3-5-14(12)19(26)27-16/h2-7,10,16H,8-9H2,1H3,(H,21,24)(H,22,23,25). The summed E-state index contributed by atoms with van der Waals surface area (Å²) in [7, 11) is 0. The second-order valence-electron chi connectivity index (χ2n) is 6.46. The predicted molar refractivity (Wildman–Crippen MR) is 111 cm³/mol. The molecule has 4 rings (SSSR count). The summed E-state index contributed by atoms with van der Waals surface area (Å²) in [6, 6.07) is 11.0. The molecule has 1 aliphatic heterocycles. The van der Waals surface area contributed by atoms with Crippen molar-refractivity contribution in [3.63, 3.8) is 0 Å². The zero-order chi connectivity index (χ0) is 20.4. The van der Waals surface area contributed by atoms with E-state index in [1.54, 1.807) is 12.1 Å². The van der Waals surface area contributed by atoms with Crippen molar-refractivity contribution >= 4 is 45.6 Å². The summed E-state index contributed by atoms with van der Waals surface area (Å²) in [5.41, 5.74) is 2.05. The number of aromatic nitrogens is 1. The van der Waals surface area contributed by atoms with E-state index in [2.05, 4.69) is 15.6 Å². The van der Waals surface area contributed by atoms with Crippen LogP contribution in [0.3, 0.4) is 0 Å². The molecule has 148 valence electrons. The van der Waals surface area contributed by atoms with Crippen LogP contribution in [0.4, 0.5) is 5.13 Å². The van der Waals surface area contributed by atoms with E-state index in [0.29, 0.717) is 23.7 Å². The third-order valence-corrected chi connectivity index (χ3v) is 6.21. The second-order valence-corrected chi connectivity index (χ2v) is 8.48. The Hall–Kier alpha value is -3.04. The molecule has 29 heavy (non-hydrogen) atoms. The number of nitrogens with one attached hydrogen (secondary N) is 2. The third-order valence-electron chi connectivity index (χ3n) is 4.34. The largest absolute Gasteiger partial charge is 0.448 e. The highest BCUT2D eigenvalue weighted by atomic mass is 32.1. The number of fused-ring (bicyclic) bond motifs is 1. The fraction of sp³-hybridized carbons (Fsp3) is 0.200. The Morgan fingerprint density at radius 2 is 2.07 bits per heavy atom. The van der Waals surface area contributed by atoms with E-state index in [0.717, 1.165) is 21.0 Å². The van der Waals surface area contributed by atoms with E-state index in [4.69, 9.17) is 4.74 Å². The molecule has 0 fully saturated rings. The molecule has 0 bridgehead atoms. The molecular weight excluding hydrogens is 410 g/mol. The quantitative estimate of drug-likeness (QED) is 0.610. The van der Waals surface area contributed by atoms with E-state index in [1.807, 2.05) is 29.6 Å². The van der Waals surface area contributed by atoms with Crippen LogP contribution in [0.5, 0.6) is 0 Å². The lowest BCUT2D eigenvalue weighted by molar-refractivity contribution is -0.125. The fourth-order valence-corrected chi connectivity index (χ4v) is 4.63. The van der Waals surface area contributed by atoms with Crippen LogP contribution >= 0.6 is 22.7 Å². The maximum Gasteiger partial charge on any atom is 0.339 e. The van der Waals surface area contributed by atoms with Crippen molar-refractivity contribution in [1.29, 1.82) is 0 Å². The summed E-state index contributed by atoms with van der Waals surface area (Å²) in [4.78, 5) is 42.1. The summed E-state index contributed by atoms with van der Waals surface area (Å²) in [6.45, 7) is 1.95. The van der Waals surface area contributed by atoms with Crippen LogP contribution in [0.2, 0.25) is 0 Å². The van der Waals surface area contributed by atoms with Crippen LogP contribution < -0.4 is 10.6 Å². The van der Waals surface area contributed by atoms with Gasteiger partial charge in [-0.1, -0.05) is 18.2 Å². The van der Waals surface area contributed by atoms with Crippen molar-refractivity contribution in [1.82, 2.24) is 10.3 Å². The Balaban J connectivity index is 1.41. The molecule has 1 unspecified atom stereocenters. The number of cyclic esters (lactones) is 1. The van der Waals surface area contributed by atoms with Crippen molar-refractivity contribution < 1.29 is 19.1 Å². The average molecular weight is 428 g/mol. The van der Waals surface area contributed by atoms with E-state index in [-0.39, 0.29) is 5.91 Å². The maximum absolute atomic E-state index is 12.6. The molecule has 0 spiro atoms. The van der Waals surface area contributed by atoms with Gasteiger partial charge in [-0.25, -0.2) is 9.78 Å². The summed E-state index contributed by atoms with van der Waals surface area (Å²) < 4.78 is 5.28. The minimum Gasteiger partial charge on any atom is -0.448 e.